The molecule has 0 aliphatic heterocycles. The van der Waals surface area contributed by atoms with Crippen LogP contribution in [0.2, 0.25) is 0 Å². The molecule has 1 heterocycles. The molecule has 0 unspecified atom stereocenters. The van der Waals surface area contributed by atoms with Gasteiger partial charge in [-0.25, -0.2) is 0 Å². The Labute approximate surface area is 223 Å². The van der Waals surface area contributed by atoms with Gasteiger partial charge in [-0.05, 0) is 12.8 Å². The molecule has 0 spiro atoms. The molecule has 1 amide bonds. The first kappa shape index (κ1) is 31.5. The monoisotopic (exact) mass is 536 g/mol. The second kappa shape index (κ2) is 18.5. The van der Waals surface area contributed by atoms with Gasteiger partial charge < -0.3 is 0 Å². The van der Waals surface area contributed by atoms with Crippen molar-refractivity contribution in [2.45, 2.75) is 109 Å². The Hall–Kier alpha value is -1.76. The molecule has 210 valence electrons. The molecule has 0 fully saturated rings. The zero-order valence-electron chi connectivity index (χ0n) is 22.6. The van der Waals surface area contributed by atoms with Crippen LogP contribution in [0.3, 0.4) is 0 Å². The Morgan fingerprint density at radius 3 is 2.24 bits per heavy atom. The molecule has 5 N–H and O–H groups in total. The van der Waals surface area contributed by atoms with E-state index in [1.807, 2.05) is 30.5 Å². The number of unbranched alkanes of at least 4 members (excludes halogenated alkanes) is 11. The van der Waals surface area contributed by atoms with Crippen molar-refractivity contribution in [1.29, 1.82) is 0 Å². The van der Waals surface area contributed by atoms with Crippen LogP contribution in [0.4, 0.5) is 0 Å². The fraction of sp³-hybridized carbons (Fsp3) is 0.621. The van der Waals surface area contributed by atoms with Gasteiger partial charge in [-0.1, -0.05) is 51.2 Å². The summed E-state index contributed by atoms with van der Waals surface area (Å²) in [5.74, 6) is -0.0906. The molecule has 2 aromatic rings. The molecule has 37 heavy (non-hydrogen) atoms. The number of aromatic amines is 1. The van der Waals surface area contributed by atoms with Gasteiger partial charge in [-0.3, -0.25) is 0 Å². The summed E-state index contributed by atoms with van der Waals surface area (Å²) in [5.41, 5.74) is 1.98. The minimum absolute atomic E-state index is 0.0906. The van der Waals surface area contributed by atoms with Crippen LogP contribution in [0.15, 0.2) is 42.6 Å². The van der Waals surface area contributed by atoms with Crippen molar-refractivity contribution in [1.82, 2.24) is 10.3 Å². The first-order valence-corrected chi connectivity index (χ1v) is 15.9. The van der Waals surface area contributed by atoms with E-state index < -0.39 is 14.2 Å². The third kappa shape index (κ3) is 14.7. The first-order valence-electron chi connectivity index (χ1n) is 14.2. The van der Waals surface area contributed by atoms with Crippen molar-refractivity contribution < 1.29 is 24.0 Å². The molecular formula is C29H49N2O5P. The van der Waals surface area contributed by atoms with Crippen LogP contribution >= 0.6 is 8.17 Å². The van der Waals surface area contributed by atoms with E-state index in [2.05, 4.69) is 29.4 Å². The third-order valence-electron chi connectivity index (χ3n) is 6.65. The van der Waals surface area contributed by atoms with E-state index in [0.29, 0.717) is 12.8 Å². The molecule has 1 atom stereocenters. The predicted octanol–water partition coefficient (Wildman–Crippen LogP) is 6.64. The quantitative estimate of drug-likeness (QED) is 0.0697. The minimum atomic E-state index is -4.65. The molecule has 0 saturated carbocycles. The summed E-state index contributed by atoms with van der Waals surface area (Å²) in [6.45, 7) is 2.08. The van der Waals surface area contributed by atoms with Gasteiger partial charge in [0, 0.05) is 0 Å². The van der Waals surface area contributed by atoms with Gasteiger partial charge in [0.25, 0.3) is 0 Å². The number of carbonyl (C=O) groups excluding carboxylic acids is 1. The van der Waals surface area contributed by atoms with E-state index in [1.165, 1.54) is 57.8 Å². The van der Waals surface area contributed by atoms with E-state index >= 15 is 0 Å². The summed E-state index contributed by atoms with van der Waals surface area (Å²) < 4.78 is 4.86. The van der Waals surface area contributed by atoms with Crippen LogP contribution in [-0.4, -0.2) is 38.2 Å². The molecule has 0 aliphatic carbocycles. The topological polar surface area (TPSA) is 115 Å². The van der Waals surface area contributed by atoms with Crippen LogP contribution in [0.5, 0.6) is 0 Å². The average molecular weight is 537 g/mol. The van der Waals surface area contributed by atoms with Crippen molar-refractivity contribution in [2.75, 3.05) is 6.61 Å². The van der Waals surface area contributed by atoms with Crippen LogP contribution in [0.1, 0.15) is 102 Å². The number of aromatic nitrogens is 1. The summed E-state index contributed by atoms with van der Waals surface area (Å²) in [6.07, 6.45) is 23.1. The normalized spacial score (nSPS) is 13.4. The van der Waals surface area contributed by atoms with Crippen LogP contribution in [0.25, 0.3) is 10.9 Å². The zero-order valence-corrected chi connectivity index (χ0v) is 23.6. The van der Waals surface area contributed by atoms with Crippen LogP contribution < -0.4 is 5.32 Å². The van der Waals surface area contributed by atoms with Gasteiger partial charge in [0.1, 0.15) is 0 Å². The second-order valence-electron chi connectivity index (χ2n) is 10.0. The molecule has 1 aromatic carbocycles. The number of amides is 1. The Kier molecular flexibility index (Phi) is 15.7. The van der Waals surface area contributed by atoms with Crippen LogP contribution in [0, 0.1) is 0 Å². The number of para-hydroxylation sites is 1. The second-order valence-corrected chi connectivity index (χ2v) is 11.5. The third-order valence-corrected chi connectivity index (χ3v) is 7.20. The van der Waals surface area contributed by atoms with Gasteiger partial charge in [-0.2, -0.15) is 0 Å². The Bertz CT molecular complexity index is 909. The van der Waals surface area contributed by atoms with Crippen molar-refractivity contribution in [3.8, 4) is 0 Å². The molecule has 2 rings (SSSR count). The molecule has 0 bridgehead atoms. The van der Waals surface area contributed by atoms with Crippen molar-refractivity contribution in [3.63, 3.8) is 0 Å². The van der Waals surface area contributed by atoms with E-state index in [0.717, 1.165) is 42.1 Å². The van der Waals surface area contributed by atoms with E-state index in [1.54, 1.807) is 0 Å². The number of hydrogen-bond acceptors (Lipinski definition) is 5. The van der Waals surface area contributed by atoms with Gasteiger partial charge in [0.2, 0.25) is 0 Å². The number of hydrogen-bond donors (Lipinski definition) is 5. The number of H-pyrrole nitrogens is 1. The molecule has 0 radical (unpaired) electrons. The molecule has 8 heteroatoms. The summed E-state index contributed by atoms with van der Waals surface area (Å²) in [7, 11) is -4.65. The summed E-state index contributed by atoms with van der Waals surface area (Å²) >= 11 is 0. The number of allylic oxidation sites excluding steroid dienone is 2. The van der Waals surface area contributed by atoms with Crippen LogP contribution in [-0.2, 0) is 15.7 Å². The summed E-state index contributed by atoms with van der Waals surface area (Å²) in [4.78, 5) is 43.5. The number of benzene rings is 1. The molecule has 7 nitrogen and oxygen atoms in total. The molecular weight excluding hydrogens is 487 g/mol. The average Bonchev–Trinajstić information content (AvgIpc) is 3.27. The van der Waals surface area contributed by atoms with E-state index in [-0.39, 0.29) is 12.5 Å². The maximum absolute atomic E-state index is 12.5. The van der Waals surface area contributed by atoms with Gasteiger partial charge in [-0.15, -0.1) is 0 Å². The Morgan fingerprint density at radius 2 is 1.57 bits per heavy atom. The number of rotatable bonds is 21. The predicted molar refractivity (Wildman–Crippen MR) is 154 cm³/mol. The standard InChI is InChI=1S/C29H49N2O5P/c1-2-3-4-5-6-7-8-9-10-11-12-13-14-15-16-21-29(32)31-26(24-36-37(33,34)35)22-25-23-30-28-20-18-17-19-27(25)28/h9-10,17-20,23,26,30,33-35,37H,2-8,11-16,21-22,24H2,1H3,(H,31,32)/b10-9-/t26-/m1/s1. The molecule has 0 aliphatic rings. The van der Waals surface area contributed by atoms with Crippen molar-refractivity contribution >= 4 is 25.0 Å². The van der Waals surface area contributed by atoms with Gasteiger partial charge in [0.15, 0.2) is 0 Å². The zero-order chi connectivity index (χ0) is 26.8. The SMILES string of the molecule is CCCCCCCC/C=C\CCCCCCCC(=O)N[C@@H](CO[PH](O)(O)O)Cc1c[nH]c2ccccc12. The van der Waals surface area contributed by atoms with E-state index in [9.17, 15) is 19.5 Å². The maximum atomic E-state index is 12.5. The number of carbonyl (C=O) groups is 1. The number of nitrogens with one attached hydrogen (secondary N) is 2. The molecule has 0 saturated heterocycles. The first-order chi connectivity index (χ1) is 17.9. The van der Waals surface area contributed by atoms with Gasteiger partial charge in [0.05, 0.1) is 0 Å². The van der Waals surface area contributed by atoms with Crippen molar-refractivity contribution in [2.24, 2.45) is 0 Å². The Balaban J connectivity index is 1.60. The van der Waals surface area contributed by atoms with E-state index in [4.69, 9.17) is 4.52 Å². The summed E-state index contributed by atoms with van der Waals surface area (Å²) in [6, 6.07) is 7.39. The molecule has 1 aromatic heterocycles. The summed E-state index contributed by atoms with van der Waals surface area (Å²) in [5, 5.41) is 3.99. The van der Waals surface area contributed by atoms with Crippen molar-refractivity contribution in [3.05, 3.63) is 48.2 Å². The van der Waals surface area contributed by atoms with Gasteiger partial charge >= 0.3 is 159 Å². The fourth-order valence-electron chi connectivity index (χ4n) is 4.59. The fourth-order valence-corrected chi connectivity index (χ4v) is 5.01. The number of fused-ring (bicyclic) bond motifs is 1. The Morgan fingerprint density at radius 1 is 0.946 bits per heavy atom.